The largest absolute Gasteiger partial charge is 0.465 e. The Bertz CT molecular complexity index is 1090. The SMILES string of the molecule is COC(=O)c1ccc2[nH]c3c(c2c1)CN(C(=O)C(C)NC(=O)c1cccs1)CC3. The van der Waals surface area contributed by atoms with Crippen LogP contribution in [0.15, 0.2) is 35.7 Å². The molecule has 29 heavy (non-hydrogen) atoms. The Hall–Kier alpha value is -3.13. The van der Waals surface area contributed by atoms with Crippen LogP contribution in [-0.4, -0.2) is 47.4 Å². The number of amides is 2. The number of benzene rings is 1. The van der Waals surface area contributed by atoms with Gasteiger partial charge in [0.1, 0.15) is 6.04 Å². The third-order valence-electron chi connectivity index (χ3n) is 5.17. The maximum atomic E-state index is 12.9. The molecule has 1 unspecified atom stereocenters. The number of nitrogens with one attached hydrogen (secondary N) is 2. The van der Waals surface area contributed by atoms with E-state index in [1.807, 2.05) is 11.4 Å². The van der Waals surface area contributed by atoms with Crippen LogP contribution in [0.4, 0.5) is 0 Å². The summed E-state index contributed by atoms with van der Waals surface area (Å²) in [4.78, 5) is 42.8. The Morgan fingerprint density at radius 1 is 1.28 bits per heavy atom. The maximum absolute atomic E-state index is 12.9. The number of aromatic amines is 1. The van der Waals surface area contributed by atoms with Gasteiger partial charge in [0, 0.05) is 41.7 Å². The number of fused-ring (bicyclic) bond motifs is 3. The molecule has 0 radical (unpaired) electrons. The van der Waals surface area contributed by atoms with Crippen LogP contribution < -0.4 is 5.32 Å². The van der Waals surface area contributed by atoms with Crippen molar-refractivity contribution in [2.75, 3.05) is 13.7 Å². The summed E-state index contributed by atoms with van der Waals surface area (Å²) in [6.45, 7) is 2.70. The maximum Gasteiger partial charge on any atom is 0.337 e. The van der Waals surface area contributed by atoms with Crippen molar-refractivity contribution in [1.82, 2.24) is 15.2 Å². The molecule has 1 aliphatic rings. The van der Waals surface area contributed by atoms with E-state index in [9.17, 15) is 14.4 Å². The molecule has 1 aliphatic heterocycles. The molecule has 2 N–H and O–H groups in total. The molecule has 2 aromatic heterocycles. The van der Waals surface area contributed by atoms with E-state index < -0.39 is 12.0 Å². The minimum atomic E-state index is -0.623. The van der Waals surface area contributed by atoms with Crippen LogP contribution in [0.2, 0.25) is 0 Å². The van der Waals surface area contributed by atoms with Crippen molar-refractivity contribution in [3.8, 4) is 0 Å². The Balaban J connectivity index is 1.53. The molecule has 0 fully saturated rings. The molecule has 1 aromatic carbocycles. The summed E-state index contributed by atoms with van der Waals surface area (Å²) in [6.07, 6.45) is 0.689. The number of thiophene rings is 1. The van der Waals surface area contributed by atoms with Crippen LogP contribution in [0.1, 0.15) is 38.2 Å². The number of carbonyl (C=O) groups excluding carboxylic acids is 3. The van der Waals surface area contributed by atoms with Gasteiger partial charge >= 0.3 is 5.97 Å². The van der Waals surface area contributed by atoms with Gasteiger partial charge in [0.15, 0.2) is 0 Å². The Kier molecular flexibility index (Phi) is 5.10. The van der Waals surface area contributed by atoms with Gasteiger partial charge < -0.3 is 19.9 Å². The van der Waals surface area contributed by atoms with Crippen molar-refractivity contribution >= 4 is 40.0 Å². The third kappa shape index (κ3) is 3.63. The highest BCUT2D eigenvalue weighted by Gasteiger charge is 2.28. The lowest BCUT2D eigenvalue weighted by molar-refractivity contribution is -0.133. The van der Waals surface area contributed by atoms with E-state index in [0.29, 0.717) is 30.0 Å². The molecule has 0 spiro atoms. The van der Waals surface area contributed by atoms with Crippen LogP contribution in [0, 0.1) is 0 Å². The van der Waals surface area contributed by atoms with Gasteiger partial charge in [-0.3, -0.25) is 9.59 Å². The van der Waals surface area contributed by atoms with Crippen LogP contribution in [-0.2, 0) is 22.5 Å². The number of rotatable bonds is 4. The molecule has 3 heterocycles. The van der Waals surface area contributed by atoms with E-state index in [1.165, 1.54) is 18.4 Å². The summed E-state index contributed by atoms with van der Waals surface area (Å²) < 4.78 is 4.81. The second-order valence-corrected chi connectivity index (χ2v) is 7.96. The normalized spacial score (nSPS) is 14.3. The molecule has 3 aromatic rings. The molecule has 0 bridgehead atoms. The Labute approximate surface area is 171 Å². The van der Waals surface area contributed by atoms with Crippen molar-refractivity contribution < 1.29 is 19.1 Å². The number of hydrogen-bond acceptors (Lipinski definition) is 5. The van der Waals surface area contributed by atoms with Gasteiger partial charge in [-0.2, -0.15) is 0 Å². The van der Waals surface area contributed by atoms with Crippen molar-refractivity contribution in [2.45, 2.75) is 25.9 Å². The summed E-state index contributed by atoms with van der Waals surface area (Å²) >= 11 is 1.34. The van der Waals surface area contributed by atoms with Gasteiger partial charge in [-0.25, -0.2) is 4.79 Å². The van der Waals surface area contributed by atoms with E-state index in [4.69, 9.17) is 4.74 Å². The highest BCUT2D eigenvalue weighted by atomic mass is 32.1. The van der Waals surface area contributed by atoms with E-state index in [0.717, 1.165) is 22.2 Å². The van der Waals surface area contributed by atoms with E-state index >= 15 is 0 Å². The summed E-state index contributed by atoms with van der Waals surface area (Å²) in [5.41, 5.74) is 3.47. The first-order valence-electron chi connectivity index (χ1n) is 9.33. The minimum absolute atomic E-state index is 0.126. The van der Waals surface area contributed by atoms with Gasteiger partial charge in [0.2, 0.25) is 5.91 Å². The molecule has 150 valence electrons. The highest BCUT2D eigenvalue weighted by molar-refractivity contribution is 7.12. The molecule has 1 atom stereocenters. The molecule has 4 rings (SSSR count). The van der Waals surface area contributed by atoms with Gasteiger partial charge in [0.25, 0.3) is 5.91 Å². The second-order valence-electron chi connectivity index (χ2n) is 7.02. The smallest absolute Gasteiger partial charge is 0.337 e. The second kappa shape index (κ2) is 7.71. The van der Waals surface area contributed by atoms with Crippen molar-refractivity contribution in [1.29, 1.82) is 0 Å². The Morgan fingerprint density at radius 2 is 2.10 bits per heavy atom. The summed E-state index contributed by atoms with van der Waals surface area (Å²) in [7, 11) is 1.35. The van der Waals surface area contributed by atoms with Crippen molar-refractivity contribution in [3.05, 3.63) is 57.4 Å². The summed E-state index contributed by atoms with van der Waals surface area (Å²) in [6, 6.07) is 8.29. The zero-order chi connectivity index (χ0) is 20.5. The van der Waals surface area contributed by atoms with Gasteiger partial charge in [-0.05, 0) is 36.6 Å². The number of hydrogen-bond donors (Lipinski definition) is 2. The minimum Gasteiger partial charge on any atom is -0.465 e. The zero-order valence-electron chi connectivity index (χ0n) is 16.2. The lowest BCUT2D eigenvalue weighted by Crippen LogP contribution is -2.48. The first-order valence-corrected chi connectivity index (χ1v) is 10.2. The molecule has 8 heteroatoms. The fourth-order valence-electron chi connectivity index (χ4n) is 3.66. The fourth-order valence-corrected chi connectivity index (χ4v) is 4.29. The third-order valence-corrected chi connectivity index (χ3v) is 6.04. The van der Waals surface area contributed by atoms with Crippen LogP contribution in [0.5, 0.6) is 0 Å². The average Bonchev–Trinajstić information content (AvgIpc) is 3.39. The van der Waals surface area contributed by atoms with Crippen LogP contribution >= 0.6 is 11.3 Å². The van der Waals surface area contributed by atoms with Crippen molar-refractivity contribution in [2.24, 2.45) is 0 Å². The first kappa shape index (κ1) is 19.2. The standard InChI is InChI=1S/C21H21N3O4S/c1-12(22-19(25)18-4-3-9-29-18)20(26)24-8-7-17-15(11-24)14-10-13(21(27)28-2)5-6-16(14)23-17/h3-6,9-10,12,23H,7-8,11H2,1-2H3,(H,22,25). The lowest BCUT2D eigenvalue weighted by atomic mass is 10.0. The summed E-state index contributed by atoms with van der Waals surface area (Å²) in [5, 5.41) is 5.52. The van der Waals surface area contributed by atoms with Gasteiger partial charge in [-0.15, -0.1) is 11.3 Å². The Morgan fingerprint density at radius 3 is 2.83 bits per heavy atom. The quantitative estimate of drug-likeness (QED) is 0.646. The monoisotopic (exact) mass is 411 g/mol. The number of nitrogens with zero attached hydrogens (tertiary/aromatic N) is 1. The van der Waals surface area contributed by atoms with Gasteiger partial charge in [0.05, 0.1) is 17.6 Å². The highest BCUT2D eigenvalue weighted by Crippen LogP contribution is 2.29. The molecular formula is C21H21N3O4S. The summed E-state index contributed by atoms with van der Waals surface area (Å²) in [5.74, 6) is -0.761. The number of carbonyl (C=O) groups is 3. The molecule has 7 nitrogen and oxygen atoms in total. The van der Waals surface area contributed by atoms with Crippen LogP contribution in [0.3, 0.4) is 0 Å². The molecule has 0 saturated heterocycles. The predicted molar refractivity (Wildman–Crippen MR) is 110 cm³/mol. The predicted octanol–water partition coefficient (Wildman–Crippen LogP) is 2.72. The number of ether oxygens (including phenoxy) is 1. The number of methoxy groups -OCH3 is 1. The number of H-pyrrole nitrogens is 1. The molecule has 0 aliphatic carbocycles. The number of esters is 1. The topological polar surface area (TPSA) is 91.5 Å². The number of aromatic nitrogens is 1. The molecular weight excluding hydrogens is 390 g/mol. The lowest BCUT2D eigenvalue weighted by Gasteiger charge is -2.29. The van der Waals surface area contributed by atoms with Crippen molar-refractivity contribution in [3.63, 3.8) is 0 Å². The fraction of sp³-hybridized carbons (Fsp3) is 0.286. The average molecular weight is 411 g/mol. The zero-order valence-corrected chi connectivity index (χ0v) is 17.0. The molecule has 2 amide bonds. The molecule has 0 saturated carbocycles. The first-order chi connectivity index (χ1) is 14.0. The van der Waals surface area contributed by atoms with E-state index in [1.54, 1.807) is 36.1 Å². The van der Waals surface area contributed by atoms with E-state index in [2.05, 4.69) is 10.3 Å². The van der Waals surface area contributed by atoms with Gasteiger partial charge in [-0.1, -0.05) is 6.07 Å². The van der Waals surface area contributed by atoms with Crippen LogP contribution in [0.25, 0.3) is 10.9 Å². The van der Waals surface area contributed by atoms with E-state index in [-0.39, 0.29) is 11.8 Å².